The van der Waals surface area contributed by atoms with Crippen molar-refractivity contribution in [2.75, 3.05) is 6.54 Å². The molecule has 0 saturated heterocycles. The molecule has 10 nitrogen and oxygen atoms in total. The number of carbonyl (C=O) groups is 4. The maximum absolute atomic E-state index is 12.9. The van der Waals surface area contributed by atoms with Crippen molar-refractivity contribution in [3.05, 3.63) is 35.9 Å². The highest BCUT2D eigenvalue weighted by atomic mass is 16.6. The van der Waals surface area contributed by atoms with Crippen molar-refractivity contribution in [2.24, 2.45) is 11.7 Å². The predicted octanol–water partition coefficient (Wildman–Crippen LogP) is 2.35. The van der Waals surface area contributed by atoms with Crippen molar-refractivity contribution in [2.45, 2.75) is 90.4 Å². The van der Waals surface area contributed by atoms with Crippen molar-refractivity contribution in [3.63, 3.8) is 0 Å². The molecule has 1 rings (SSSR count). The number of carbonyl (C=O) groups excluding carboxylic acids is 3. The molecule has 0 saturated carbocycles. The number of amides is 3. The zero-order valence-corrected chi connectivity index (χ0v) is 22.0. The number of hydrogen-bond donors (Lipinski definition) is 5. The topological polar surface area (TPSA) is 160 Å². The van der Waals surface area contributed by atoms with Gasteiger partial charge in [0.1, 0.15) is 17.7 Å². The Bertz CT molecular complexity index is 854. The van der Waals surface area contributed by atoms with E-state index in [-0.39, 0.29) is 12.3 Å². The van der Waals surface area contributed by atoms with E-state index in [4.69, 9.17) is 10.5 Å². The van der Waals surface area contributed by atoms with Crippen molar-refractivity contribution in [3.8, 4) is 0 Å². The van der Waals surface area contributed by atoms with E-state index in [0.29, 0.717) is 32.2 Å². The molecule has 1 aromatic rings. The van der Waals surface area contributed by atoms with Gasteiger partial charge in [-0.1, -0.05) is 44.2 Å². The third kappa shape index (κ3) is 13.1. The lowest BCUT2D eigenvalue weighted by Crippen LogP contribution is -2.55. The molecule has 3 unspecified atom stereocenters. The predicted molar refractivity (Wildman–Crippen MR) is 137 cm³/mol. The van der Waals surface area contributed by atoms with Crippen LogP contribution in [0.15, 0.2) is 30.3 Å². The molecule has 0 heterocycles. The van der Waals surface area contributed by atoms with Crippen LogP contribution < -0.4 is 21.7 Å². The van der Waals surface area contributed by atoms with E-state index < -0.39 is 47.6 Å². The van der Waals surface area contributed by atoms with Gasteiger partial charge in [-0.15, -0.1) is 0 Å². The molecule has 0 aliphatic rings. The van der Waals surface area contributed by atoms with E-state index in [2.05, 4.69) is 16.0 Å². The number of carboxylic acid groups (broad SMARTS) is 1. The smallest absolute Gasteiger partial charge is 0.407 e. The number of aliphatic carboxylic acids is 1. The average Bonchev–Trinajstić information content (AvgIpc) is 2.76. The summed E-state index contributed by atoms with van der Waals surface area (Å²) in [6.45, 7) is 9.42. The zero-order valence-electron chi connectivity index (χ0n) is 22.0. The first-order valence-electron chi connectivity index (χ1n) is 12.4. The van der Waals surface area contributed by atoms with E-state index in [1.807, 2.05) is 44.2 Å². The number of unbranched alkanes of at least 4 members (excludes halogenated alkanes) is 1. The van der Waals surface area contributed by atoms with Gasteiger partial charge in [-0.2, -0.15) is 0 Å². The Morgan fingerprint density at radius 1 is 0.972 bits per heavy atom. The number of carboxylic acids is 1. The molecule has 1 aromatic carbocycles. The summed E-state index contributed by atoms with van der Waals surface area (Å²) in [7, 11) is 0. The zero-order chi connectivity index (χ0) is 27.3. The van der Waals surface area contributed by atoms with Crippen LogP contribution in [0.5, 0.6) is 0 Å². The van der Waals surface area contributed by atoms with Gasteiger partial charge in [0, 0.05) is 6.54 Å². The highest BCUT2D eigenvalue weighted by Gasteiger charge is 2.28. The number of nitrogens with two attached hydrogens (primary N) is 1. The first kappa shape index (κ1) is 30.9. The van der Waals surface area contributed by atoms with Crippen molar-refractivity contribution >= 4 is 23.9 Å². The SMILES string of the molecule is CC(C)CC(NC(=O)C(N)Cc1ccccc1)C(=O)NC(CCCCNC(=O)OC(C)(C)C)C(=O)O. The largest absolute Gasteiger partial charge is 0.480 e. The molecule has 36 heavy (non-hydrogen) atoms. The first-order chi connectivity index (χ1) is 16.8. The van der Waals surface area contributed by atoms with Crippen LogP contribution in [0.3, 0.4) is 0 Å². The van der Waals surface area contributed by atoms with Gasteiger partial charge in [0.05, 0.1) is 6.04 Å². The molecule has 0 aromatic heterocycles. The lowest BCUT2D eigenvalue weighted by Gasteiger charge is -2.24. The minimum absolute atomic E-state index is 0.0774. The second-order valence-electron chi connectivity index (χ2n) is 10.3. The van der Waals surface area contributed by atoms with Crippen molar-refractivity contribution < 1.29 is 29.0 Å². The Balaban J connectivity index is 2.62. The van der Waals surface area contributed by atoms with Crippen LogP contribution in [0.25, 0.3) is 0 Å². The third-order valence-electron chi connectivity index (χ3n) is 5.18. The molecule has 0 aliphatic heterocycles. The number of ether oxygens (including phenoxy) is 1. The van der Waals surface area contributed by atoms with Crippen LogP contribution in [0.2, 0.25) is 0 Å². The van der Waals surface area contributed by atoms with Gasteiger partial charge >= 0.3 is 12.1 Å². The fourth-order valence-corrected chi connectivity index (χ4v) is 3.45. The fourth-order valence-electron chi connectivity index (χ4n) is 3.45. The molecular formula is C26H42N4O6. The van der Waals surface area contributed by atoms with Crippen LogP contribution in [0, 0.1) is 5.92 Å². The molecule has 3 amide bonds. The van der Waals surface area contributed by atoms with E-state index in [0.717, 1.165) is 5.56 Å². The Morgan fingerprint density at radius 2 is 1.58 bits per heavy atom. The summed E-state index contributed by atoms with van der Waals surface area (Å²) in [6, 6.07) is 6.44. The normalized spacial score (nSPS) is 13.9. The summed E-state index contributed by atoms with van der Waals surface area (Å²) in [5, 5.41) is 17.4. The minimum Gasteiger partial charge on any atom is -0.480 e. The Labute approximate surface area is 213 Å². The average molecular weight is 507 g/mol. The summed E-state index contributed by atoms with van der Waals surface area (Å²) in [5.41, 5.74) is 6.35. The lowest BCUT2D eigenvalue weighted by atomic mass is 10.0. The van der Waals surface area contributed by atoms with Gasteiger partial charge < -0.3 is 31.5 Å². The molecule has 0 aliphatic carbocycles. The van der Waals surface area contributed by atoms with E-state index in [1.54, 1.807) is 20.8 Å². The number of nitrogens with one attached hydrogen (secondary N) is 3. The van der Waals surface area contributed by atoms with Crippen LogP contribution >= 0.6 is 0 Å². The summed E-state index contributed by atoms with van der Waals surface area (Å²) in [6.07, 6.45) is 1.26. The van der Waals surface area contributed by atoms with Gasteiger partial charge in [-0.3, -0.25) is 9.59 Å². The van der Waals surface area contributed by atoms with Crippen molar-refractivity contribution in [1.29, 1.82) is 0 Å². The van der Waals surface area contributed by atoms with Gasteiger partial charge in [-0.05, 0) is 64.4 Å². The Hall–Kier alpha value is -3.14. The molecule has 6 N–H and O–H groups in total. The van der Waals surface area contributed by atoms with Gasteiger partial charge in [-0.25, -0.2) is 9.59 Å². The molecule has 3 atom stereocenters. The third-order valence-corrected chi connectivity index (χ3v) is 5.18. The van der Waals surface area contributed by atoms with E-state index in [1.165, 1.54) is 0 Å². The monoisotopic (exact) mass is 506 g/mol. The van der Waals surface area contributed by atoms with Crippen LogP contribution in [0.4, 0.5) is 4.79 Å². The highest BCUT2D eigenvalue weighted by molar-refractivity contribution is 5.91. The minimum atomic E-state index is -1.17. The molecule has 202 valence electrons. The molecule has 0 radical (unpaired) electrons. The standard InChI is InChI=1S/C26H42N4O6/c1-17(2)15-21(30-22(31)19(27)16-18-11-7-6-8-12-18)23(32)29-20(24(33)34)13-9-10-14-28-25(35)36-26(3,4)5/h6-8,11-12,17,19-21H,9-10,13-16,27H2,1-5H3,(H,28,35)(H,29,32)(H,30,31)(H,33,34). The maximum atomic E-state index is 12.9. The lowest BCUT2D eigenvalue weighted by molar-refractivity contribution is -0.142. The van der Waals surface area contributed by atoms with Gasteiger partial charge in [0.25, 0.3) is 0 Å². The maximum Gasteiger partial charge on any atom is 0.407 e. The molecule has 0 spiro atoms. The van der Waals surface area contributed by atoms with E-state index >= 15 is 0 Å². The number of alkyl carbamates (subject to hydrolysis) is 1. The van der Waals surface area contributed by atoms with Crippen LogP contribution in [-0.4, -0.2) is 59.3 Å². The summed E-state index contributed by atoms with van der Waals surface area (Å²) in [4.78, 5) is 49.0. The summed E-state index contributed by atoms with van der Waals surface area (Å²) >= 11 is 0. The van der Waals surface area contributed by atoms with Crippen molar-refractivity contribution in [1.82, 2.24) is 16.0 Å². The Kier molecular flexibility index (Phi) is 12.9. The number of hydrogen-bond acceptors (Lipinski definition) is 6. The summed E-state index contributed by atoms with van der Waals surface area (Å²) in [5.74, 6) is -2.13. The molecular weight excluding hydrogens is 464 g/mol. The van der Waals surface area contributed by atoms with Gasteiger partial charge in [0.15, 0.2) is 0 Å². The van der Waals surface area contributed by atoms with E-state index in [9.17, 15) is 24.3 Å². The quantitative estimate of drug-likeness (QED) is 0.242. The second kappa shape index (κ2) is 15.1. The van der Waals surface area contributed by atoms with Crippen LogP contribution in [0.1, 0.15) is 65.9 Å². The molecule has 0 fully saturated rings. The van der Waals surface area contributed by atoms with Gasteiger partial charge in [0.2, 0.25) is 11.8 Å². The van der Waals surface area contributed by atoms with Crippen LogP contribution in [-0.2, 0) is 25.5 Å². The molecule has 10 heteroatoms. The number of benzene rings is 1. The number of rotatable bonds is 14. The first-order valence-corrected chi connectivity index (χ1v) is 12.4. The molecule has 0 bridgehead atoms. The highest BCUT2D eigenvalue weighted by Crippen LogP contribution is 2.10. The Morgan fingerprint density at radius 3 is 2.14 bits per heavy atom. The second-order valence-corrected chi connectivity index (χ2v) is 10.3. The fraction of sp³-hybridized carbons (Fsp3) is 0.615. The summed E-state index contributed by atoms with van der Waals surface area (Å²) < 4.78 is 5.15.